The number of halogens is 1. The van der Waals surface area contributed by atoms with Gasteiger partial charge < -0.3 is 9.63 Å². The SMILES string of the molecule is N#CCC(O)Cc1nc(-c2ccc(Cl)cc2)no1. The molecule has 0 saturated heterocycles. The second kappa shape index (κ2) is 5.63. The molecule has 18 heavy (non-hydrogen) atoms. The molecule has 0 aliphatic heterocycles. The van der Waals surface area contributed by atoms with Crippen molar-refractivity contribution in [2.24, 2.45) is 0 Å². The highest BCUT2D eigenvalue weighted by molar-refractivity contribution is 6.30. The topological polar surface area (TPSA) is 82.9 Å². The zero-order chi connectivity index (χ0) is 13.0. The van der Waals surface area contributed by atoms with E-state index in [0.29, 0.717) is 16.7 Å². The molecule has 1 heterocycles. The van der Waals surface area contributed by atoms with E-state index in [4.69, 9.17) is 21.4 Å². The van der Waals surface area contributed by atoms with E-state index < -0.39 is 6.10 Å². The number of aromatic nitrogens is 2. The molecule has 0 bridgehead atoms. The lowest BCUT2D eigenvalue weighted by atomic mass is 10.2. The van der Waals surface area contributed by atoms with E-state index in [2.05, 4.69) is 10.1 Å². The van der Waals surface area contributed by atoms with Gasteiger partial charge in [-0.25, -0.2) is 0 Å². The average Bonchev–Trinajstić information content (AvgIpc) is 2.78. The van der Waals surface area contributed by atoms with Crippen molar-refractivity contribution < 1.29 is 9.63 Å². The summed E-state index contributed by atoms with van der Waals surface area (Å²) in [6.45, 7) is 0. The Balaban J connectivity index is 2.11. The summed E-state index contributed by atoms with van der Waals surface area (Å²) in [7, 11) is 0. The Morgan fingerprint density at radius 2 is 2.11 bits per heavy atom. The maximum Gasteiger partial charge on any atom is 0.229 e. The minimum atomic E-state index is -0.784. The Morgan fingerprint density at radius 1 is 1.39 bits per heavy atom. The van der Waals surface area contributed by atoms with Crippen LogP contribution >= 0.6 is 11.6 Å². The molecule has 0 radical (unpaired) electrons. The molecule has 1 N–H and O–H groups in total. The maximum atomic E-state index is 9.45. The first-order chi connectivity index (χ1) is 8.69. The van der Waals surface area contributed by atoms with Crippen molar-refractivity contribution in [2.75, 3.05) is 0 Å². The molecule has 0 fully saturated rings. The van der Waals surface area contributed by atoms with E-state index in [1.165, 1.54) is 0 Å². The van der Waals surface area contributed by atoms with E-state index in [-0.39, 0.29) is 12.8 Å². The molecule has 2 rings (SSSR count). The molecule has 1 aromatic carbocycles. The zero-order valence-electron chi connectivity index (χ0n) is 9.38. The normalized spacial score (nSPS) is 12.1. The quantitative estimate of drug-likeness (QED) is 0.914. The van der Waals surface area contributed by atoms with E-state index in [0.717, 1.165) is 5.56 Å². The van der Waals surface area contributed by atoms with E-state index in [1.807, 2.05) is 6.07 Å². The van der Waals surface area contributed by atoms with Gasteiger partial charge in [0.15, 0.2) is 0 Å². The summed E-state index contributed by atoms with van der Waals surface area (Å²) in [5.74, 6) is 0.744. The average molecular weight is 264 g/mol. The predicted octanol–water partition coefficient (Wildman–Crippen LogP) is 2.21. The van der Waals surface area contributed by atoms with Gasteiger partial charge in [-0.05, 0) is 24.3 Å². The molecular formula is C12H10ClN3O2. The van der Waals surface area contributed by atoms with Gasteiger partial charge >= 0.3 is 0 Å². The second-order valence-electron chi connectivity index (χ2n) is 3.74. The Kier molecular flexibility index (Phi) is 3.92. The van der Waals surface area contributed by atoms with Crippen LogP contribution in [0.15, 0.2) is 28.8 Å². The standard InChI is InChI=1S/C12H10ClN3O2/c13-9-3-1-8(2-4-9)12-15-11(18-16-12)7-10(17)5-6-14/h1-4,10,17H,5,7H2. The molecular weight excluding hydrogens is 254 g/mol. The third-order valence-electron chi connectivity index (χ3n) is 2.31. The van der Waals surface area contributed by atoms with Gasteiger partial charge in [-0.3, -0.25) is 0 Å². The maximum absolute atomic E-state index is 9.45. The van der Waals surface area contributed by atoms with Crippen molar-refractivity contribution in [3.8, 4) is 17.5 Å². The van der Waals surface area contributed by atoms with Crippen LogP contribution in [0.25, 0.3) is 11.4 Å². The minimum absolute atomic E-state index is 0.0403. The van der Waals surface area contributed by atoms with E-state index in [9.17, 15) is 5.11 Å². The van der Waals surface area contributed by atoms with Crippen LogP contribution < -0.4 is 0 Å². The number of nitriles is 1. The number of benzene rings is 1. The van der Waals surface area contributed by atoms with Crippen LogP contribution in [0.4, 0.5) is 0 Å². The molecule has 0 aliphatic rings. The fourth-order valence-corrected chi connectivity index (χ4v) is 1.56. The summed E-state index contributed by atoms with van der Waals surface area (Å²) < 4.78 is 5.00. The number of rotatable bonds is 4. The summed E-state index contributed by atoms with van der Waals surface area (Å²) in [6.07, 6.45) is -0.569. The number of hydrogen-bond donors (Lipinski definition) is 1. The largest absolute Gasteiger partial charge is 0.392 e. The lowest BCUT2D eigenvalue weighted by Crippen LogP contribution is -2.09. The highest BCUT2D eigenvalue weighted by Gasteiger charge is 2.12. The highest BCUT2D eigenvalue weighted by atomic mass is 35.5. The Labute approximate surface area is 109 Å². The highest BCUT2D eigenvalue weighted by Crippen LogP contribution is 2.19. The number of nitrogens with zero attached hydrogens (tertiary/aromatic N) is 3. The molecule has 5 nitrogen and oxygen atoms in total. The summed E-state index contributed by atoms with van der Waals surface area (Å²) in [4.78, 5) is 4.14. The third kappa shape index (κ3) is 3.06. The second-order valence-corrected chi connectivity index (χ2v) is 4.18. The van der Waals surface area contributed by atoms with Crippen LogP contribution in [0, 0.1) is 11.3 Å². The van der Waals surface area contributed by atoms with Gasteiger partial charge in [0.25, 0.3) is 0 Å². The summed E-state index contributed by atoms with van der Waals surface area (Å²) in [5.41, 5.74) is 0.782. The van der Waals surface area contributed by atoms with Gasteiger partial charge in [-0.2, -0.15) is 10.2 Å². The Hall–Kier alpha value is -1.90. The predicted molar refractivity (Wildman–Crippen MR) is 64.7 cm³/mol. The monoisotopic (exact) mass is 263 g/mol. The zero-order valence-corrected chi connectivity index (χ0v) is 10.1. The summed E-state index contributed by atoms with van der Waals surface area (Å²) >= 11 is 5.78. The molecule has 92 valence electrons. The lowest BCUT2D eigenvalue weighted by molar-refractivity contribution is 0.167. The molecule has 0 saturated carbocycles. The fourth-order valence-electron chi connectivity index (χ4n) is 1.43. The van der Waals surface area contributed by atoms with Gasteiger partial charge in [0.2, 0.25) is 11.7 Å². The minimum Gasteiger partial charge on any atom is -0.392 e. The van der Waals surface area contributed by atoms with Crippen LogP contribution in [0.1, 0.15) is 12.3 Å². The van der Waals surface area contributed by atoms with Crippen molar-refractivity contribution >= 4 is 11.6 Å². The Bertz CT molecular complexity index is 559. The molecule has 1 atom stereocenters. The van der Waals surface area contributed by atoms with Gasteiger partial charge in [0, 0.05) is 10.6 Å². The summed E-state index contributed by atoms with van der Waals surface area (Å²) in [5, 5.41) is 22.3. The van der Waals surface area contributed by atoms with Gasteiger partial charge in [0.1, 0.15) is 0 Å². The first kappa shape index (κ1) is 12.6. The van der Waals surface area contributed by atoms with Gasteiger partial charge in [-0.1, -0.05) is 16.8 Å². The number of aliphatic hydroxyl groups is 1. The van der Waals surface area contributed by atoms with E-state index in [1.54, 1.807) is 24.3 Å². The molecule has 0 spiro atoms. The van der Waals surface area contributed by atoms with Gasteiger partial charge in [0.05, 0.1) is 25.0 Å². The van der Waals surface area contributed by atoms with Crippen LogP contribution in [-0.4, -0.2) is 21.4 Å². The molecule has 6 heteroatoms. The Morgan fingerprint density at radius 3 is 2.78 bits per heavy atom. The first-order valence-corrected chi connectivity index (χ1v) is 5.70. The summed E-state index contributed by atoms with van der Waals surface area (Å²) in [6, 6.07) is 8.91. The fraction of sp³-hybridized carbons (Fsp3) is 0.250. The van der Waals surface area contributed by atoms with E-state index >= 15 is 0 Å². The third-order valence-corrected chi connectivity index (χ3v) is 2.56. The first-order valence-electron chi connectivity index (χ1n) is 5.32. The van der Waals surface area contributed by atoms with Crippen molar-refractivity contribution in [1.82, 2.24) is 10.1 Å². The molecule has 2 aromatic rings. The number of aliphatic hydroxyl groups excluding tert-OH is 1. The smallest absolute Gasteiger partial charge is 0.229 e. The van der Waals surface area contributed by atoms with Crippen molar-refractivity contribution in [3.63, 3.8) is 0 Å². The van der Waals surface area contributed by atoms with Crippen molar-refractivity contribution in [2.45, 2.75) is 18.9 Å². The number of hydrogen-bond acceptors (Lipinski definition) is 5. The van der Waals surface area contributed by atoms with Crippen LogP contribution in [-0.2, 0) is 6.42 Å². The van der Waals surface area contributed by atoms with Crippen molar-refractivity contribution in [3.05, 3.63) is 35.2 Å². The molecule has 0 aliphatic carbocycles. The molecule has 1 aromatic heterocycles. The van der Waals surface area contributed by atoms with Crippen LogP contribution in [0.2, 0.25) is 5.02 Å². The lowest BCUT2D eigenvalue weighted by Gasteiger charge is -1.99. The van der Waals surface area contributed by atoms with Crippen LogP contribution in [0.5, 0.6) is 0 Å². The van der Waals surface area contributed by atoms with Crippen molar-refractivity contribution in [1.29, 1.82) is 5.26 Å². The van der Waals surface area contributed by atoms with Crippen LogP contribution in [0.3, 0.4) is 0 Å². The molecule has 1 unspecified atom stereocenters. The molecule has 0 amide bonds. The van der Waals surface area contributed by atoms with Gasteiger partial charge in [-0.15, -0.1) is 0 Å².